The lowest BCUT2D eigenvalue weighted by atomic mass is 9.93. The molecular formula is C27H26ClF4N3O5. The number of rotatable bonds is 10. The molecule has 214 valence electrons. The molecule has 3 aromatic rings. The quantitative estimate of drug-likeness (QED) is 0.263. The topological polar surface area (TPSA) is 127 Å². The molecule has 5 N–H and O–H groups in total. The Morgan fingerprint density at radius 1 is 1.18 bits per heavy atom. The summed E-state index contributed by atoms with van der Waals surface area (Å²) < 4.78 is 67.8. The van der Waals surface area contributed by atoms with Crippen LogP contribution >= 0.6 is 11.6 Å². The van der Waals surface area contributed by atoms with Crippen LogP contribution in [-0.4, -0.2) is 53.6 Å². The summed E-state index contributed by atoms with van der Waals surface area (Å²) in [5.74, 6) is -1.07. The standard InChI is InChI=1S/C27H26ClF4N3O5/c1-39-23-10-15(3-7-22(23)40-17-4-5-17)25(37)34-13-26(38,27(30,31)32)24-11-16(20(33)12-36)9-21(35-24)14-2-6-19(29)18(28)8-14/h2-3,6-11,17,20,36,38H,4-5,12-13,33H2,1H3,(H,34,37). The number of aliphatic hydroxyl groups excluding tert-OH is 1. The van der Waals surface area contributed by atoms with Gasteiger partial charge in [0.25, 0.3) is 5.91 Å². The fourth-order valence-corrected chi connectivity index (χ4v) is 3.98. The molecule has 0 aliphatic heterocycles. The zero-order chi connectivity index (χ0) is 29.2. The van der Waals surface area contributed by atoms with E-state index in [4.69, 9.17) is 26.8 Å². The Hall–Kier alpha value is -3.45. The highest BCUT2D eigenvalue weighted by Crippen LogP contribution is 2.40. The third-order valence-electron chi connectivity index (χ3n) is 6.33. The Morgan fingerprint density at radius 3 is 2.50 bits per heavy atom. The van der Waals surface area contributed by atoms with Gasteiger partial charge in [-0.1, -0.05) is 11.6 Å². The summed E-state index contributed by atoms with van der Waals surface area (Å²) in [5.41, 5.74) is 1.28. The molecule has 4 rings (SSSR count). The van der Waals surface area contributed by atoms with Crippen LogP contribution in [0.4, 0.5) is 17.6 Å². The van der Waals surface area contributed by atoms with Crippen molar-refractivity contribution in [2.45, 2.75) is 36.8 Å². The summed E-state index contributed by atoms with van der Waals surface area (Å²) in [4.78, 5) is 16.8. The Kier molecular flexibility index (Phi) is 8.55. The first kappa shape index (κ1) is 29.5. The molecule has 0 spiro atoms. The van der Waals surface area contributed by atoms with E-state index in [1.807, 2.05) is 0 Å². The number of benzene rings is 2. The summed E-state index contributed by atoms with van der Waals surface area (Å²) in [6, 6.07) is 8.59. The number of amides is 1. The van der Waals surface area contributed by atoms with Crippen LogP contribution in [-0.2, 0) is 5.60 Å². The fourth-order valence-electron chi connectivity index (χ4n) is 3.80. The maximum atomic E-state index is 14.4. The number of nitrogens with two attached hydrogens (primary N) is 1. The smallest absolute Gasteiger partial charge is 0.424 e. The largest absolute Gasteiger partial charge is 0.493 e. The molecule has 0 radical (unpaired) electrons. The summed E-state index contributed by atoms with van der Waals surface area (Å²) in [5, 5.41) is 22.3. The fraction of sp³-hybridized carbons (Fsp3) is 0.333. The van der Waals surface area contributed by atoms with E-state index in [2.05, 4.69) is 10.3 Å². The van der Waals surface area contributed by atoms with Gasteiger partial charge in [-0.05, 0) is 66.9 Å². The number of aliphatic hydroxyl groups is 2. The van der Waals surface area contributed by atoms with Crippen LogP contribution in [0.5, 0.6) is 11.5 Å². The first-order valence-electron chi connectivity index (χ1n) is 12.1. The van der Waals surface area contributed by atoms with Crippen molar-refractivity contribution in [3.8, 4) is 22.8 Å². The Bertz CT molecular complexity index is 1400. The normalized spacial score (nSPS) is 15.7. The molecule has 2 aromatic carbocycles. The second-order valence-corrected chi connectivity index (χ2v) is 9.72. The number of pyridine rings is 1. The number of halogens is 5. The zero-order valence-electron chi connectivity index (χ0n) is 21.1. The third kappa shape index (κ3) is 6.30. The van der Waals surface area contributed by atoms with E-state index in [1.54, 1.807) is 0 Å². The lowest BCUT2D eigenvalue weighted by Crippen LogP contribution is -2.51. The monoisotopic (exact) mass is 583 g/mol. The van der Waals surface area contributed by atoms with Crippen molar-refractivity contribution in [1.29, 1.82) is 0 Å². The van der Waals surface area contributed by atoms with Crippen molar-refractivity contribution < 1.29 is 42.0 Å². The molecule has 40 heavy (non-hydrogen) atoms. The Balaban J connectivity index is 1.68. The number of nitrogens with one attached hydrogen (secondary N) is 1. The van der Waals surface area contributed by atoms with Gasteiger partial charge in [0, 0.05) is 11.1 Å². The number of hydrogen-bond acceptors (Lipinski definition) is 7. The van der Waals surface area contributed by atoms with Gasteiger partial charge < -0.3 is 30.7 Å². The second-order valence-electron chi connectivity index (χ2n) is 9.31. The first-order chi connectivity index (χ1) is 18.9. The number of carbonyl (C=O) groups is 1. The highest BCUT2D eigenvalue weighted by molar-refractivity contribution is 6.31. The number of carbonyl (C=O) groups excluding carboxylic acids is 1. The molecule has 1 aromatic heterocycles. The van der Waals surface area contributed by atoms with Gasteiger partial charge in [-0.25, -0.2) is 9.37 Å². The summed E-state index contributed by atoms with van der Waals surface area (Å²) in [7, 11) is 1.36. The minimum Gasteiger partial charge on any atom is -0.493 e. The lowest BCUT2D eigenvalue weighted by Gasteiger charge is -2.31. The first-order valence-corrected chi connectivity index (χ1v) is 12.5. The predicted molar refractivity (Wildman–Crippen MR) is 138 cm³/mol. The third-order valence-corrected chi connectivity index (χ3v) is 6.62. The number of hydrogen-bond donors (Lipinski definition) is 4. The summed E-state index contributed by atoms with van der Waals surface area (Å²) in [6.07, 6.45) is -3.49. The molecule has 1 amide bonds. The highest BCUT2D eigenvalue weighted by atomic mass is 35.5. The molecule has 2 unspecified atom stereocenters. The van der Waals surface area contributed by atoms with E-state index in [1.165, 1.54) is 37.4 Å². The van der Waals surface area contributed by atoms with E-state index in [-0.39, 0.29) is 39.3 Å². The zero-order valence-corrected chi connectivity index (χ0v) is 21.9. The van der Waals surface area contributed by atoms with Gasteiger partial charge in [-0.2, -0.15) is 13.2 Å². The average Bonchev–Trinajstić information content (AvgIpc) is 3.75. The molecule has 1 aliphatic rings. The maximum absolute atomic E-state index is 14.4. The summed E-state index contributed by atoms with van der Waals surface area (Å²) >= 11 is 5.84. The molecule has 0 saturated heterocycles. The summed E-state index contributed by atoms with van der Waals surface area (Å²) in [6.45, 7) is -1.94. The van der Waals surface area contributed by atoms with Crippen LogP contribution in [0.15, 0.2) is 48.5 Å². The van der Waals surface area contributed by atoms with Gasteiger partial charge in [0.15, 0.2) is 11.5 Å². The molecule has 1 aliphatic carbocycles. The molecule has 1 saturated carbocycles. The van der Waals surface area contributed by atoms with E-state index in [9.17, 15) is 32.6 Å². The van der Waals surface area contributed by atoms with Crippen LogP contribution in [0.1, 0.15) is 40.5 Å². The molecular weight excluding hydrogens is 558 g/mol. The second kappa shape index (κ2) is 11.6. The molecule has 2 atom stereocenters. The molecule has 8 nitrogen and oxygen atoms in total. The van der Waals surface area contributed by atoms with Gasteiger partial charge >= 0.3 is 6.18 Å². The van der Waals surface area contributed by atoms with Crippen LogP contribution in [0.25, 0.3) is 11.3 Å². The van der Waals surface area contributed by atoms with Gasteiger partial charge in [0.2, 0.25) is 5.60 Å². The van der Waals surface area contributed by atoms with Crippen molar-refractivity contribution in [3.05, 3.63) is 76.2 Å². The predicted octanol–water partition coefficient (Wildman–Crippen LogP) is 4.26. The molecule has 13 heteroatoms. The average molecular weight is 584 g/mol. The van der Waals surface area contributed by atoms with E-state index >= 15 is 0 Å². The van der Waals surface area contributed by atoms with Crippen molar-refractivity contribution in [2.75, 3.05) is 20.3 Å². The van der Waals surface area contributed by atoms with Crippen molar-refractivity contribution in [2.24, 2.45) is 5.73 Å². The van der Waals surface area contributed by atoms with E-state index in [0.717, 1.165) is 31.0 Å². The van der Waals surface area contributed by atoms with Crippen LogP contribution in [0.3, 0.4) is 0 Å². The van der Waals surface area contributed by atoms with Crippen molar-refractivity contribution >= 4 is 17.5 Å². The lowest BCUT2D eigenvalue weighted by molar-refractivity contribution is -0.265. The minimum absolute atomic E-state index is 0.00735. The number of alkyl halides is 3. The molecule has 1 heterocycles. The van der Waals surface area contributed by atoms with E-state index < -0.39 is 48.4 Å². The minimum atomic E-state index is -5.31. The highest BCUT2D eigenvalue weighted by Gasteiger charge is 2.56. The van der Waals surface area contributed by atoms with Gasteiger partial charge in [0.1, 0.15) is 5.82 Å². The maximum Gasteiger partial charge on any atom is 0.424 e. The SMILES string of the molecule is COc1cc(C(=O)NCC(O)(c2cc(C(N)CO)cc(-c3ccc(F)c(Cl)c3)n2)C(F)(F)F)ccc1OC1CC1. The van der Waals surface area contributed by atoms with Crippen molar-refractivity contribution in [1.82, 2.24) is 10.3 Å². The molecule has 0 bridgehead atoms. The van der Waals surface area contributed by atoms with Crippen LogP contribution in [0, 0.1) is 5.82 Å². The number of ether oxygens (including phenoxy) is 2. The van der Waals surface area contributed by atoms with Crippen LogP contribution < -0.4 is 20.5 Å². The number of methoxy groups -OCH3 is 1. The van der Waals surface area contributed by atoms with Crippen molar-refractivity contribution in [3.63, 3.8) is 0 Å². The number of nitrogens with zero attached hydrogens (tertiary/aromatic N) is 1. The van der Waals surface area contributed by atoms with Gasteiger partial charge in [-0.3, -0.25) is 4.79 Å². The Morgan fingerprint density at radius 2 is 1.90 bits per heavy atom. The van der Waals surface area contributed by atoms with E-state index in [0.29, 0.717) is 5.75 Å². The number of aromatic nitrogens is 1. The van der Waals surface area contributed by atoms with Gasteiger partial charge in [0.05, 0.1) is 48.8 Å². The van der Waals surface area contributed by atoms with Crippen LogP contribution in [0.2, 0.25) is 5.02 Å². The molecule has 1 fully saturated rings. The van der Waals surface area contributed by atoms with Gasteiger partial charge in [-0.15, -0.1) is 0 Å². The Labute approximate surface area is 231 Å².